The normalized spacial score (nSPS) is 19.2. The quantitative estimate of drug-likeness (QED) is 0.552. The minimum atomic E-state index is -0.630. The Morgan fingerprint density at radius 2 is 2.38 bits per heavy atom. The number of halogens is 1. The van der Waals surface area contributed by atoms with Gasteiger partial charge < -0.3 is 14.2 Å². The number of nitrogens with zero attached hydrogens (tertiary/aromatic N) is 2. The molecular formula is C17H21BrN2O4. The van der Waals surface area contributed by atoms with Crippen molar-refractivity contribution in [2.75, 3.05) is 19.0 Å². The van der Waals surface area contributed by atoms with Gasteiger partial charge in [0.1, 0.15) is 5.75 Å². The SMILES string of the molecule is COC(=O)C(CCBr)Oc1ccc2cnn(C3CCCCO3)c2c1. The Morgan fingerprint density at radius 1 is 1.50 bits per heavy atom. The van der Waals surface area contributed by atoms with Gasteiger partial charge in [-0.1, -0.05) is 15.9 Å². The van der Waals surface area contributed by atoms with Crippen LogP contribution in [0.3, 0.4) is 0 Å². The summed E-state index contributed by atoms with van der Waals surface area (Å²) in [5.74, 6) is 0.245. The molecule has 1 aromatic heterocycles. The monoisotopic (exact) mass is 396 g/mol. The molecule has 1 aliphatic rings. The maximum atomic E-state index is 11.8. The van der Waals surface area contributed by atoms with Crippen LogP contribution in [-0.2, 0) is 14.3 Å². The molecule has 1 fully saturated rings. The number of alkyl halides is 1. The Balaban J connectivity index is 1.85. The van der Waals surface area contributed by atoms with Crippen LogP contribution in [0.4, 0.5) is 0 Å². The van der Waals surface area contributed by atoms with Crippen molar-refractivity contribution in [1.29, 1.82) is 0 Å². The second kappa shape index (κ2) is 7.98. The lowest BCUT2D eigenvalue weighted by molar-refractivity contribution is -0.148. The van der Waals surface area contributed by atoms with E-state index in [1.807, 2.05) is 29.1 Å². The third-order valence-electron chi connectivity index (χ3n) is 4.11. The van der Waals surface area contributed by atoms with Crippen molar-refractivity contribution >= 4 is 32.8 Å². The van der Waals surface area contributed by atoms with Crippen LogP contribution in [0.5, 0.6) is 5.75 Å². The fraction of sp³-hybridized carbons (Fsp3) is 0.529. The van der Waals surface area contributed by atoms with E-state index in [1.54, 1.807) is 0 Å². The summed E-state index contributed by atoms with van der Waals surface area (Å²) >= 11 is 3.34. The lowest BCUT2D eigenvalue weighted by atomic mass is 10.2. The number of carbonyl (C=O) groups excluding carboxylic acids is 1. The molecular weight excluding hydrogens is 376 g/mol. The predicted octanol–water partition coefficient (Wildman–Crippen LogP) is 3.44. The summed E-state index contributed by atoms with van der Waals surface area (Å²) in [6.45, 7) is 0.762. The molecule has 2 aromatic rings. The highest BCUT2D eigenvalue weighted by atomic mass is 79.9. The Kier molecular flexibility index (Phi) is 5.73. The molecule has 0 saturated carbocycles. The summed E-state index contributed by atoms with van der Waals surface area (Å²) in [7, 11) is 1.37. The molecule has 1 saturated heterocycles. The largest absolute Gasteiger partial charge is 0.479 e. The highest BCUT2D eigenvalue weighted by Crippen LogP contribution is 2.28. The Labute approximate surface area is 149 Å². The summed E-state index contributed by atoms with van der Waals surface area (Å²) in [6, 6.07) is 5.70. The molecule has 0 bridgehead atoms. The summed E-state index contributed by atoms with van der Waals surface area (Å²) in [5.41, 5.74) is 0.946. The van der Waals surface area contributed by atoms with Crippen molar-refractivity contribution in [2.45, 2.75) is 38.0 Å². The molecule has 6 nitrogen and oxygen atoms in total. The fourth-order valence-electron chi connectivity index (χ4n) is 2.86. The zero-order valence-corrected chi connectivity index (χ0v) is 15.2. The van der Waals surface area contributed by atoms with Gasteiger partial charge in [-0.05, 0) is 31.4 Å². The van der Waals surface area contributed by atoms with Crippen LogP contribution in [-0.4, -0.2) is 40.9 Å². The number of aromatic nitrogens is 2. The van der Waals surface area contributed by atoms with E-state index < -0.39 is 6.10 Å². The molecule has 130 valence electrons. The Morgan fingerprint density at radius 3 is 3.08 bits per heavy atom. The van der Waals surface area contributed by atoms with E-state index in [9.17, 15) is 4.79 Å². The molecule has 0 N–H and O–H groups in total. The number of benzene rings is 1. The molecule has 0 amide bonds. The number of carbonyl (C=O) groups is 1. The first-order chi connectivity index (χ1) is 11.7. The lowest BCUT2D eigenvalue weighted by Crippen LogP contribution is -2.29. The van der Waals surface area contributed by atoms with Crippen molar-refractivity contribution < 1.29 is 19.0 Å². The second-order valence-electron chi connectivity index (χ2n) is 5.74. The first-order valence-electron chi connectivity index (χ1n) is 8.12. The van der Waals surface area contributed by atoms with Gasteiger partial charge in [-0.25, -0.2) is 9.48 Å². The average Bonchev–Trinajstić information content (AvgIpc) is 3.04. The van der Waals surface area contributed by atoms with Gasteiger partial charge >= 0.3 is 5.97 Å². The van der Waals surface area contributed by atoms with Gasteiger partial charge in [-0.15, -0.1) is 0 Å². The van der Waals surface area contributed by atoms with Gasteiger partial charge in [-0.2, -0.15) is 5.10 Å². The summed E-state index contributed by atoms with van der Waals surface area (Å²) in [4.78, 5) is 11.8. The number of hydrogen-bond acceptors (Lipinski definition) is 5. The zero-order chi connectivity index (χ0) is 16.9. The van der Waals surface area contributed by atoms with Crippen molar-refractivity contribution in [1.82, 2.24) is 9.78 Å². The predicted molar refractivity (Wildman–Crippen MR) is 93.4 cm³/mol. The molecule has 7 heteroatoms. The maximum Gasteiger partial charge on any atom is 0.347 e. The van der Waals surface area contributed by atoms with Gasteiger partial charge in [0.05, 0.1) is 18.8 Å². The number of hydrogen-bond donors (Lipinski definition) is 0. The second-order valence-corrected chi connectivity index (χ2v) is 6.53. The van der Waals surface area contributed by atoms with E-state index in [0.29, 0.717) is 17.5 Å². The number of methoxy groups -OCH3 is 1. The summed E-state index contributed by atoms with van der Waals surface area (Å²) in [6.07, 6.45) is 4.88. The van der Waals surface area contributed by atoms with Gasteiger partial charge in [0.15, 0.2) is 12.3 Å². The molecule has 3 rings (SSSR count). The number of fused-ring (bicyclic) bond motifs is 1. The molecule has 2 heterocycles. The molecule has 1 aromatic carbocycles. The van der Waals surface area contributed by atoms with Gasteiger partial charge in [0.2, 0.25) is 0 Å². The highest BCUT2D eigenvalue weighted by molar-refractivity contribution is 9.09. The number of esters is 1. The van der Waals surface area contributed by atoms with Crippen molar-refractivity contribution in [3.8, 4) is 5.75 Å². The van der Waals surface area contributed by atoms with Crippen LogP contribution < -0.4 is 4.74 Å². The average molecular weight is 397 g/mol. The first kappa shape index (κ1) is 17.2. The Hall–Kier alpha value is -1.60. The molecule has 1 aliphatic heterocycles. The zero-order valence-electron chi connectivity index (χ0n) is 13.6. The third kappa shape index (κ3) is 3.72. The standard InChI is InChI=1S/C17H21BrN2O4/c1-22-17(21)15(7-8-18)24-13-6-5-12-11-19-20(14(12)10-13)16-4-2-3-9-23-16/h5-6,10-11,15-16H,2-4,7-9H2,1H3. The van der Waals surface area contributed by atoms with Crippen molar-refractivity contribution in [3.63, 3.8) is 0 Å². The first-order valence-corrected chi connectivity index (χ1v) is 9.24. The maximum absolute atomic E-state index is 11.8. The molecule has 0 radical (unpaired) electrons. The molecule has 0 spiro atoms. The van der Waals surface area contributed by atoms with E-state index in [-0.39, 0.29) is 12.2 Å². The van der Waals surface area contributed by atoms with E-state index in [2.05, 4.69) is 21.0 Å². The molecule has 2 unspecified atom stereocenters. The minimum Gasteiger partial charge on any atom is -0.479 e. The molecule has 0 aliphatic carbocycles. The molecule has 2 atom stereocenters. The fourth-order valence-corrected chi connectivity index (χ4v) is 3.27. The van der Waals surface area contributed by atoms with E-state index >= 15 is 0 Å². The smallest absolute Gasteiger partial charge is 0.347 e. The van der Waals surface area contributed by atoms with Crippen LogP contribution in [0.15, 0.2) is 24.4 Å². The lowest BCUT2D eigenvalue weighted by Gasteiger charge is -2.23. The number of ether oxygens (including phenoxy) is 3. The van der Waals surface area contributed by atoms with E-state index in [1.165, 1.54) is 7.11 Å². The van der Waals surface area contributed by atoms with Gasteiger partial charge in [0.25, 0.3) is 0 Å². The highest BCUT2D eigenvalue weighted by Gasteiger charge is 2.22. The summed E-state index contributed by atoms with van der Waals surface area (Å²) < 4.78 is 18.4. The topological polar surface area (TPSA) is 62.6 Å². The Bertz CT molecular complexity index is 697. The number of rotatable bonds is 6. The van der Waals surface area contributed by atoms with Crippen molar-refractivity contribution in [3.05, 3.63) is 24.4 Å². The van der Waals surface area contributed by atoms with E-state index in [0.717, 1.165) is 36.8 Å². The van der Waals surface area contributed by atoms with Crippen LogP contribution in [0.1, 0.15) is 31.9 Å². The minimum absolute atomic E-state index is 0.0366. The van der Waals surface area contributed by atoms with E-state index in [4.69, 9.17) is 14.2 Å². The van der Waals surface area contributed by atoms with Crippen molar-refractivity contribution in [2.24, 2.45) is 0 Å². The van der Waals surface area contributed by atoms with Crippen LogP contribution >= 0.6 is 15.9 Å². The van der Waals surface area contributed by atoms with Crippen LogP contribution in [0.2, 0.25) is 0 Å². The van der Waals surface area contributed by atoms with Crippen LogP contribution in [0, 0.1) is 0 Å². The van der Waals surface area contributed by atoms with Crippen LogP contribution in [0.25, 0.3) is 10.9 Å². The molecule has 24 heavy (non-hydrogen) atoms. The van der Waals surface area contributed by atoms with Gasteiger partial charge in [0, 0.05) is 29.8 Å². The van der Waals surface area contributed by atoms with Gasteiger partial charge in [-0.3, -0.25) is 0 Å². The summed E-state index contributed by atoms with van der Waals surface area (Å²) in [5, 5.41) is 6.14. The third-order valence-corrected chi connectivity index (χ3v) is 4.57.